The molecular formula is C13H17N3. The van der Waals surface area contributed by atoms with E-state index >= 15 is 0 Å². The van der Waals surface area contributed by atoms with Gasteiger partial charge in [0, 0.05) is 30.0 Å². The average molecular weight is 215 g/mol. The van der Waals surface area contributed by atoms with Crippen molar-refractivity contribution in [2.75, 3.05) is 0 Å². The summed E-state index contributed by atoms with van der Waals surface area (Å²) in [4.78, 5) is 7.99. The Balaban J connectivity index is 1.55. The molecule has 3 nitrogen and oxygen atoms in total. The third kappa shape index (κ3) is 2.00. The average Bonchev–Trinajstić information content (AvgIpc) is 2.92. The molecule has 16 heavy (non-hydrogen) atoms. The summed E-state index contributed by atoms with van der Waals surface area (Å²) in [5, 5.41) is 3.69. The van der Waals surface area contributed by atoms with Gasteiger partial charge in [-0.15, -0.1) is 0 Å². The molecule has 0 radical (unpaired) electrons. The van der Waals surface area contributed by atoms with Crippen molar-refractivity contribution in [2.45, 2.75) is 37.8 Å². The van der Waals surface area contributed by atoms with Crippen LogP contribution >= 0.6 is 0 Å². The molecule has 1 aliphatic carbocycles. The van der Waals surface area contributed by atoms with E-state index in [1.807, 2.05) is 12.4 Å². The van der Waals surface area contributed by atoms with Crippen molar-refractivity contribution in [1.82, 2.24) is 15.3 Å². The number of rotatable bonds is 3. The molecule has 1 saturated carbocycles. The third-order valence-corrected chi connectivity index (χ3v) is 3.77. The minimum Gasteiger partial charge on any atom is -0.311 e. The van der Waals surface area contributed by atoms with Gasteiger partial charge in [-0.2, -0.15) is 0 Å². The van der Waals surface area contributed by atoms with E-state index in [0.717, 1.165) is 23.9 Å². The second kappa shape index (κ2) is 4.34. The van der Waals surface area contributed by atoms with E-state index < -0.39 is 0 Å². The number of nitrogens with one attached hydrogen (secondary N) is 1. The van der Waals surface area contributed by atoms with Gasteiger partial charge in [0.05, 0.1) is 0 Å². The first-order valence-corrected chi connectivity index (χ1v) is 6.09. The fourth-order valence-corrected chi connectivity index (χ4v) is 2.98. The lowest BCUT2D eigenvalue weighted by Gasteiger charge is -2.21. The van der Waals surface area contributed by atoms with Crippen molar-refractivity contribution >= 4 is 6.08 Å². The Labute approximate surface area is 96.0 Å². The fourth-order valence-electron chi connectivity index (χ4n) is 2.98. The number of hydrogen-bond acceptors (Lipinski definition) is 3. The maximum absolute atomic E-state index is 4.00. The third-order valence-electron chi connectivity index (χ3n) is 3.77. The number of fused-ring (bicyclic) bond motifs is 2. The summed E-state index contributed by atoms with van der Waals surface area (Å²) in [7, 11) is 0. The van der Waals surface area contributed by atoms with E-state index in [1.165, 1.54) is 19.3 Å². The number of hydrogen-bond donors (Lipinski definition) is 1. The van der Waals surface area contributed by atoms with Crippen LogP contribution in [0, 0.1) is 5.92 Å². The Hall–Kier alpha value is -1.22. The van der Waals surface area contributed by atoms with Gasteiger partial charge < -0.3 is 5.32 Å². The first-order valence-electron chi connectivity index (χ1n) is 6.09. The summed E-state index contributed by atoms with van der Waals surface area (Å²) in [6.45, 7) is 0. The second-order valence-electron chi connectivity index (χ2n) is 4.85. The van der Waals surface area contributed by atoms with E-state index in [2.05, 4.69) is 27.4 Å². The predicted molar refractivity (Wildman–Crippen MR) is 63.7 cm³/mol. The van der Waals surface area contributed by atoms with Crippen molar-refractivity contribution in [3.63, 3.8) is 0 Å². The van der Waals surface area contributed by atoms with Crippen LogP contribution in [0.5, 0.6) is 0 Å². The highest BCUT2D eigenvalue weighted by Gasteiger charge is 2.37. The zero-order valence-corrected chi connectivity index (χ0v) is 9.34. The van der Waals surface area contributed by atoms with E-state index in [0.29, 0.717) is 6.04 Å². The summed E-state index contributed by atoms with van der Waals surface area (Å²) in [6, 6.07) is 1.52. The molecule has 3 unspecified atom stereocenters. The molecule has 0 amide bonds. The molecule has 1 aromatic heterocycles. The molecule has 1 aromatic rings. The highest BCUT2D eigenvalue weighted by Crippen LogP contribution is 2.36. The number of piperidine rings is 1. The maximum Gasteiger partial charge on any atom is 0.115 e. The van der Waals surface area contributed by atoms with Gasteiger partial charge >= 0.3 is 0 Å². The lowest BCUT2D eigenvalue weighted by Crippen LogP contribution is -2.34. The fraction of sp³-hybridized carbons (Fsp3) is 0.538. The molecule has 1 saturated heterocycles. The zero-order chi connectivity index (χ0) is 10.8. The van der Waals surface area contributed by atoms with E-state index in [-0.39, 0.29) is 0 Å². The van der Waals surface area contributed by atoms with Crippen LogP contribution in [0.3, 0.4) is 0 Å². The predicted octanol–water partition coefficient (Wildman–Crippen LogP) is 2.02. The van der Waals surface area contributed by atoms with Crippen molar-refractivity contribution in [3.8, 4) is 0 Å². The van der Waals surface area contributed by atoms with Crippen LogP contribution in [0.25, 0.3) is 6.08 Å². The van der Waals surface area contributed by atoms with Crippen LogP contribution in [0.4, 0.5) is 0 Å². The lowest BCUT2D eigenvalue weighted by molar-refractivity contribution is 0.384. The van der Waals surface area contributed by atoms with Gasteiger partial charge in [-0.25, -0.2) is 9.97 Å². The Bertz CT molecular complexity index is 374. The highest BCUT2D eigenvalue weighted by molar-refractivity contribution is 5.46. The molecule has 84 valence electrons. The molecule has 3 atom stereocenters. The van der Waals surface area contributed by atoms with Gasteiger partial charge in [-0.3, -0.25) is 0 Å². The van der Waals surface area contributed by atoms with E-state index in [4.69, 9.17) is 0 Å². The van der Waals surface area contributed by atoms with Crippen LogP contribution in [0.2, 0.25) is 0 Å². The molecule has 0 spiro atoms. The standard InChI is InChI=1S/C13H17N3/c1(2-10-7-14-9-15-8-10)3-13-11-4-5-12(6-11)16-13/h1-2,7-9,11-13,16H,3-6H2. The first-order chi connectivity index (χ1) is 7.92. The molecule has 2 bridgehead atoms. The smallest absolute Gasteiger partial charge is 0.115 e. The zero-order valence-electron chi connectivity index (χ0n) is 9.34. The summed E-state index contributed by atoms with van der Waals surface area (Å²) < 4.78 is 0. The molecule has 0 aromatic carbocycles. The second-order valence-corrected chi connectivity index (χ2v) is 4.85. The van der Waals surface area contributed by atoms with Gasteiger partial charge in [0.1, 0.15) is 6.33 Å². The Kier molecular flexibility index (Phi) is 2.70. The summed E-state index contributed by atoms with van der Waals surface area (Å²) >= 11 is 0. The Morgan fingerprint density at radius 2 is 2.19 bits per heavy atom. The molecule has 3 heteroatoms. The molecule has 2 aliphatic rings. The number of nitrogens with zero attached hydrogens (tertiary/aromatic N) is 2. The lowest BCUT2D eigenvalue weighted by atomic mass is 9.97. The van der Waals surface area contributed by atoms with Gasteiger partial charge in [-0.05, 0) is 31.6 Å². The Morgan fingerprint density at radius 3 is 2.88 bits per heavy atom. The summed E-state index contributed by atoms with van der Waals surface area (Å²) in [5.74, 6) is 0.918. The molecule has 1 N–H and O–H groups in total. The number of aromatic nitrogens is 2. The van der Waals surface area contributed by atoms with E-state index in [9.17, 15) is 0 Å². The van der Waals surface area contributed by atoms with Crippen LogP contribution in [0.1, 0.15) is 31.2 Å². The maximum atomic E-state index is 4.00. The highest BCUT2D eigenvalue weighted by atomic mass is 15.0. The van der Waals surface area contributed by atoms with Crippen molar-refractivity contribution < 1.29 is 0 Å². The largest absolute Gasteiger partial charge is 0.311 e. The van der Waals surface area contributed by atoms with Crippen LogP contribution in [0.15, 0.2) is 24.8 Å². The van der Waals surface area contributed by atoms with Crippen LogP contribution in [-0.4, -0.2) is 22.1 Å². The van der Waals surface area contributed by atoms with Gasteiger partial charge in [0.2, 0.25) is 0 Å². The van der Waals surface area contributed by atoms with Gasteiger partial charge in [0.15, 0.2) is 0 Å². The van der Waals surface area contributed by atoms with E-state index in [1.54, 1.807) is 6.33 Å². The molecule has 2 fully saturated rings. The summed E-state index contributed by atoms with van der Waals surface area (Å²) in [5.41, 5.74) is 1.09. The summed E-state index contributed by atoms with van der Waals surface area (Å²) in [6.07, 6.45) is 15.0. The van der Waals surface area contributed by atoms with Gasteiger partial charge in [0.25, 0.3) is 0 Å². The SMILES string of the molecule is C(=Cc1cncnc1)CC1NC2CCC1C2. The van der Waals surface area contributed by atoms with Crippen LogP contribution in [-0.2, 0) is 0 Å². The van der Waals surface area contributed by atoms with Gasteiger partial charge in [-0.1, -0.05) is 12.2 Å². The minimum absolute atomic E-state index is 0.708. The van der Waals surface area contributed by atoms with Crippen molar-refractivity contribution in [1.29, 1.82) is 0 Å². The van der Waals surface area contributed by atoms with Crippen molar-refractivity contribution in [3.05, 3.63) is 30.4 Å². The molecule has 3 rings (SSSR count). The molecular weight excluding hydrogens is 198 g/mol. The topological polar surface area (TPSA) is 37.8 Å². The quantitative estimate of drug-likeness (QED) is 0.838. The normalized spacial score (nSPS) is 32.6. The van der Waals surface area contributed by atoms with Crippen LogP contribution < -0.4 is 5.32 Å². The minimum atomic E-state index is 0.708. The first kappa shape index (κ1) is 9.97. The Morgan fingerprint density at radius 1 is 1.31 bits per heavy atom. The molecule has 2 heterocycles. The monoisotopic (exact) mass is 215 g/mol. The van der Waals surface area contributed by atoms with Crippen molar-refractivity contribution in [2.24, 2.45) is 5.92 Å². The molecule has 1 aliphatic heterocycles.